The zero-order valence-electron chi connectivity index (χ0n) is 7.81. The molecule has 1 rings (SSSR count). The summed E-state index contributed by atoms with van der Waals surface area (Å²) in [5, 5.41) is 0. The maximum Gasteiger partial charge on any atom is 0.277 e. The summed E-state index contributed by atoms with van der Waals surface area (Å²) in [4.78, 5) is 0. The minimum atomic E-state index is -3.19. The molecule has 0 spiro atoms. The molecule has 0 aromatic heterocycles. The van der Waals surface area contributed by atoms with Crippen molar-refractivity contribution in [1.29, 1.82) is 0 Å². The second-order valence-electron chi connectivity index (χ2n) is 3.37. The van der Waals surface area contributed by atoms with E-state index in [9.17, 15) is 13.2 Å². The largest absolute Gasteiger partial charge is 0.328 e. The van der Waals surface area contributed by atoms with Gasteiger partial charge >= 0.3 is 0 Å². The van der Waals surface area contributed by atoms with Crippen LogP contribution < -0.4 is 5.73 Å². The number of halogens is 3. The Balaban J connectivity index is 2.97. The first-order valence-electron chi connectivity index (χ1n) is 4.32. The Hall–Kier alpha value is -1.03. The van der Waals surface area contributed by atoms with E-state index in [1.54, 1.807) is 0 Å². The van der Waals surface area contributed by atoms with Gasteiger partial charge in [0.1, 0.15) is 5.82 Å². The van der Waals surface area contributed by atoms with Crippen LogP contribution in [0.2, 0.25) is 0 Å². The first-order chi connectivity index (χ1) is 6.43. The fourth-order valence-electron chi connectivity index (χ4n) is 1.27. The lowest BCUT2D eigenvalue weighted by atomic mass is 10.0. The van der Waals surface area contributed by atoms with Gasteiger partial charge in [-0.15, -0.1) is 0 Å². The zero-order valence-corrected chi connectivity index (χ0v) is 7.81. The van der Waals surface area contributed by atoms with Gasteiger partial charge in [-0.2, -0.15) is 0 Å². The molecule has 2 N–H and O–H groups in total. The van der Waals surface area contributed by atoms with E-state index in [-0.39, 0.29) is 0 Å². The van der Waals surface area contributed by atoms with Crippen molar-refractivity contribution >= 4 is 0 Å². The van der Waals surface area contributed by atoms with E-state index in [1.807, 2.05) is 0 Å². The third-order valence-corrected chi connectivity index (χ3v) is 1.85. The van der Waals surface area contributed by atoms with Crippen LogP contribution >= 0.6 is 0 Å². The summed E-state index contributed by atoms with van der Waals surface area (Å²) in [6, 6.07) is 4.20. The molecule has 1 unspecified atom stereocenters. The monoisotopic (exact) mass is 203 g/mol. The van der Waals surface area contributed by atoms with Crippen molar-refractivity contribution in [2.75, 3.05) is 0 Å². The van der Waals surface area contributed by atoms with Gasteiger partial charge in [-0.1, -0.05) is 18.2 Å². The van der Waals surface area contributed by atoms with Crippen LogP contribution in [0, 0.1) is 5.82 Å². The highest BCUT2D eigenvalue weighted by atomic mass is 19.3. The van der Waals surface area contributed by atoms with E-state index < -0.39 is 29.8 Å². The maximum absolute atomic E-state index is 13.3. The van der Waals surface area contributed by atoms with Crippen LogP contribution in [0.4, 0.5) is 13.2 Å². The number of nitrogens with two attached hydrogens (primary N) is 1. The number of hydrogen-bond donors (Lipinski definition) is 1. The molecule has 14 heavy (non-hydrogen) atoms. The van der Waals surface area contributed by atoms with E-state index >= 15 is 0 Å². The third-order valence-electron chi connectivity index (χ3n) is 1.85. The number of hydrogen-bond acceptors (Lipinski definition) is 1. The van der Waals surface area contributed by atoms with Gasteiger partial charge in [0.05, 0.1) is 5.56 Å². The molecule has 0 aliphatic carbocycles. The van der Waals surface area contributed by atoms with Crippen molar-refractivity contribution in [3.05, 3.63) is 35.6 Å². The van der Waals surface area contributed by atoms with Crippen LogP contribution in [0.1, 0.15) is 18.9 Å². The molecule has 0 aliphatic heterocycles. The Morgan fingerprint density at radius 2 is 1.93 bits per heavy atom. The second-order valence-corrected chi connectivity index (χ2v) is 3.37. The van der Waals surface area contributed by atoms with Gasteiger partial charge in [0, 0.05) is 12.5 Å². The smallest absolute Gasteiger partial charge is 0.277 e. The molecule has 0 amide bonds. The fourth-order valence-corrected chi connectivity index (χ4v) is 1.27. The highest BCUT2D eigenvalue weighted by molar-refractivity contribution is 5.22. The molecular formula is C10H12F3N. The predicted molar refractivity (Wildman–Crippen MR) is 48.6 cm³/mol. The number of alkyl halides is 2. The first kappa shape index (κ1) is 11.0. The quantitative estimate of drug-likeness (QED) is 0.803. The van der Waals surface area contributed by atoms with Crippen LogP contribution in [0.25, 0.3) is 0 Å². The first-order valence-corrected chi connectivity index (χ1v) is 4.32. The van der Waals surface area contributed by atoms with Crippen molar-refractivity contribution in [1.82, 2.24) is 0 Å². The average molecular weight is 203 g/mol. The van der Waals surface area contributed by atoms with Crippen LogP contribution in [-0.2, 0) is 5.92 Å². The maximum atomic E-state index is 13.3. The predicted octanol–water partition coefficient (Wildman–Crippen LogP) is 2.65. The van der Waals surface area contributed by atoms with Gasteiger partial charge < -0.3 is 5.73 Å². The van der Waals surface area contributed by atoms with Gasteiger partial charge in [0.15, 0.2) is 0 Å². The highest BCUT2D eigenvalue weighted by Gasteiger charge is 2.34. The van der Waals surface area contributed by atoms with E-state index in [1.165, 1.54) is 19.1 Å². The minimum absolute atomic E-state index is 0.548. The van der Waals surface area contributed by atoms with Crippen molar-refractivity contribution in [3.63, 3.8) is 0 Å². The van der Waals surface area contributed by atoms with Crippen LogP contribution in [0.3, 0.4) is 0 Å². The zero-order chi connectivity index (χ0) is 10.8. The van der Waals surface area contributed by atoms with Crippen molar-refractivity contribution in [2.24, 2.45) is 5.73 Å². The summed E-state index contributed by atoms with van der Waals surface area (Å²) in [5.41, 5.74) is 4.68. The summed E-state index contributed by atoms with van der Waals surface area (Å²) >= 11 is 0. The van der Waals surface area contributed by atoms with Crippen LogP contribution in [-0.4, -0.2) is 6.04 Å². The molecule has 0 bridgehead atoms. The Morgan fingerprint density at radius 3 is 2.43 bits per heavy atom. The molecule has 4 heteroatoms. The Kier molecular flexibility index (Phi) is 3.16. The molecule has 78 valence electrons. The highest BCUT2D eigenvalue weighted by Crippen LogP contribution is 2.33. The van der Waals surface area contributed by atoms with Gasteiger partial charge in [0.2, 0.25) is 0 Å². The van der Waals surface area contributed by atoms with Crippen molar-refractivity contribution < 1.29 is 13.2 Å². The standard InChI is InChI=1S/C10H12F3N/c1-7(14)6-10(12,13)8-4-2-3-5-9(8)11/h2-5,7H,6,14H2,1H3. The molecule has 0 saturated carbocycles. The average Bonchev–Trinajstić information content (AvgIpc) is 2.02. The van der Waals surface area contributed by atoms with E-state index in [4.69, 9.17) is 5.73 Å². The third kappa shape index (κ3) is 2.48. The second kappa shape index (κ2) is 4.00. The lowest BCUT2D eigenvalue weighted by Crippen LogP contribution is -2.26. The molecule has 0 radical (unpaired) electrons. The molecule has 0 heterocycles. The topological polar surface area (TPSA) is 26.0 Å². The molecule has 0 aliphatic rings. The van der Waals surface area contributed by atoms with E-state index in [2.05, 4.69) is 0 Å². The molecule has 1 atom stereocenters. The molecular weight excluding hydrogens is 191 g/mol. The van der Waals surface area contributed by atoms with Gasteiger partial charge in [0.25, 0.3) is 5.92 Å². The minimum Gasteiger partial charge on any atom is -0.328 e. The molecule has 1 aromatic carbocycles. The van der Waals surface area contributed by atoms with E-state index in [0.29, 0.717) is 0 Å². The number of benzene rings is 1. The fraction of sp³-hybridized carbons (Fsp3) is 0.400. The van der Waals surface area contributed by atoms with Gasteiger partial charge in [-0.05, 0) is 13.0 Å². The van der Waals surface area contributed by atoms with Gasteiger partial charge in [-0.25, -0.2) is 13.2 Å². The Bertz CT molecular complexity index is 310. The normalized spacial score (nSPS) is 14.1. The van der Waals surface area contributed by atoms with Gasteiger partial charge in [-0.3, -0.25) is 0 Å². The summed E-state index contributed by atoms with van der Waals surface area (Å²) in [6.45, 7) is 1.47. The van der Waals surface area contributed by atoms with Crippen molar-refractivity contribution in [3.8, 4) is 0 Å². The Labute approximate surface area is 80.7 Å². The van der Waals surface area contributed by atoms with Crippen LogP contribution in [0.5, 0.6) is 0 Å². The van der Waals surface area contributed by atoms with Crippen LogP contribution in [0.15, 0.2) is 24.3 Å². The lowest BCUT2D eigenvalue weighted by Gasteiger charge is -2.19. The summed E-state index contributed by atoms with van der Waals surface area (Å²) in [6.07, 6.45) is -0.548. The van der Waals surface area contributed by atoms with Crippen molar-refractivity contribution in [2.45, 2.75) is 25.3 Å². The number of rotatable bonds is 3. The summed E-state index contributed by atoms with van der Waals surface area (Å²) < 4.78 is 39.7. The Morgan fingerprint density at radius 1 is 1.36 bits per heavy atom. The molecule has 0 fully saturated rings. The summed E-state index contributed by atoms with van der Waals surface area (Å²) in [7, 11) is 0. The molecule has 1 aromatic rings. The molecule has 0 saturated heterocycles. The lowest BCUT2D eigenvalue weighted by molar-refractivity contribution is -0.0213. The summed E-state index contributed by atoms with van der Waals surface area (Å²) in [5.74, 6) is -4.09. The van der Waals surface area contributed by atoms with E-state index in [0.717, 1.165) is 12.1 Å². The molecule has 1 nitrogen and oxygen atoms in total. The SMILES string of the molecule is CC(N)CC(F)(F)c1ccccc1F.